The summed E-state index contributed by atoms with van der Waals surface area (Å²) in [7, 11) is 3.09. The average Bonchev–Trinajstić information content (AvgIpc) is 3.16. The summed E-state index contributed by atoms with van der Waals surface area (Å²) in [4.78, 5) is 0. The third kappa shape index (κ3) is 5.38. The Hall–Kier alpha value is -1.62. The maximum atomic E-state index is 11.6. The second-order valence-electron chi connectivity index (χ2n) is 10.1. The fourth-order valence-electron chi connectivity index (χ4n) is 5.89. The zero-order valence-corrected chi connectivity index (χ0v) is 21.4. The van der Waals surface area contributed by atoms with E-state index in [1.807, 2.05) is 12.1 Å². The molecule has 1 aliphatic carbocycles. The molecule has 13 nitrogen and oxygen atoms in total. The van der Waals surface area contributed by atoms with Crippen molar-refractivity contribution in [2.45, 2.75) is 67.6 Å². The van der Waals surface area contributed by atoms with E-state index in [-0.39, 0.29) is 6.61 Å². The standard InChI is InChI=1S/C25H39NO12/c1-34-14-4-3-12(9-15(14)35-2)5-7-26-22-18(29)13-6-8-36-23(17(13)25(22,33)11-28)38-24-21(32)20(31)19(30)16(10-27)37-24/h3-4,9,13,16-24,26-33H,5-8,10-11H2,1-2H3/t13-,16-,17-,18+,19-,20+,21-,22-,23?,24+,25?/m1/s1. The number of benzene rings is 1. The van der Waals surface area contributed by atoms with Gasteiger partial charge in [0.1, 0.15) is 30.0 Å². The lowest BCUT2D eigenvalue weighted by molar-refractivity contribution is -0.359. The molecular formula is C25H39NO12. The fourth-order valence-corrected chi connectivity index (χ4v) is 5.89. The molecule has 8 N–H and O–H groups in total. The van der Waals surface area contributed by atoms with Crippen LogP contribution in [0.2, 0.25) is 0 Å². The van der Waals surface area contributed by atoms with Crippen LogP contribution in [0.1, 0.15) is 12.0 Å². The van der Waals surface area contributed by atoms with Gasteiger partial charge in [-0.15, -0.1) is 0 Å². The number of methoxy groups -OCH3 is 2. The quantitative estimate of drug-likeness (QED) is 0.149. The van der Waals surface area contributed by atoms with Crippen LogP contribution in [0.25, 0.3) is 0 Å². The lowest BCUT2D eigenvalue weighted by Gasteiger charge is -2.45. The maximum Gasteiger partial charge on any atom is 0.189 e. The molecule has 2 heterocycles. The molecule has 38 heavy (non-hydrogen) atoms. The van der Waals surface area contributed by atoms with E-state index in [9.17, 15) is 35.7 Å². The Morgan fingerprint density at radius 2 is 1.71 bits per heavy atom. The molecule has 2 saturated heterocycles. The first kappa shape index (κ1) is 29.4. The molecule has 0 bridgehead atoms. The Bertz CT molecular complexity index is 920. The summed E-state index contributed by atoms with van der Waals surface area (Å²) in [5.41, 5.74) is -0.930. The second kappa shape index (κ2) is 12.3. The van der Waals surface area contributed by atoms with Crippen molar-refractivity contribution in [3.8, 4) is 11.5 Å². The van der Waals surface area contributed by atoms with Crippen molar-refractivity contribution in [1.29, 1.82) is 0 Å². The minimum absolute atomic E-state index is 0.167. The van der Waals surface area contributed by atoms with Crippen LogP contribution >= 0.6 is 0 Å². The van der Waals surface area contributed by atoms with E-state index >= 15 is 0 Å². The SMILES string of the molecule is COc1ccc(CCN[C@@H]2[C@@H](O)[C@@H]3CCOC(O[C@@H]4O[C@H](CO)[C@@H](O)[C@H](O)[C@H]4O)[C@@H]3C2(O)CO)cc1OC. The molecule has 11 atom stereocenters. The average molecular weight is 546 g/mol. The predicted molar refractivity (Wildman–Crippen MR) is 129 cm³/mol. The Balaban J connectivity index is 1.47. The predicted octanol–water partition coefficient (Wildman–Crippen LogP) is -2.90. The van der Waals surface area contributed by atoms with E-state index in [4.69, 9.17) is 23.7 Å². The number of aliphatic hydroxyl groups is 7. The summed E-state index contributed by atoms with van der Waals surface area (Å²) in [5, 5.41) is 76.3. The highest BCUT2D eigenvalue weighted by molar-refractivity contribution is 5.43. The molecule has 13 heteroatoms. The molecule has 1 saturated carbocycles. The van der Waals surface area contributed by atoms with Crippen molar-refractivity contribution < 1.29 is 59.4 Å². The minimum Gasteiger partial charge on any atom is -0.493 e. The largest absolute Gasteiger partial charge is 0.493 e. The van der Waals surface area contributed by atoms with Gasteiger partial charge in [0.2, 0.25) is 0 Å². The molecule has 0 spiro atoms. The van der Waals surface area contributed by atoms with Gasteiger partial charge in [-0.25, -0.2) is 0 Å². The number of fused-ring (bicyclic) bond motifs is 1. The van der Waals surface area contributed by atoms with Crippen LogP contribution < -0.4 is 14.8 Å². The monoisotopic (exact) mass is 545 g/mol. The number of ether oxygens (including phenoxy) is 5. The van der Waals surface area contributed by atoms with Crippen LogP contribution in [0.4, 0.5) is 0 Å². The molecule has 4 rings (SSSR count). The summed E-state index contributed by atoms with van der Waals surface area (Å²) < 4.78 is 27.6. The first-order valence-corrected chi connectivity index (χ1v) is 12.7. The Labute approximate surface area is 220 Å². The second-order valence-corrected chi connectivity index (χ2v) is 10.1. The van der Waals surface area contributed by atoms with Crippen molar-refractivity contribution in [3.63, 3.8) is 0 Å². The first-order chi connectivity index (χ1) is 18.2. The van der Waals surface area contributed by atoms with Gasteiger partial charge in [-0.05, 0) is 43.0 Å². The van der Waals surface area contributed by atoms with Crippen molar-refractivity contribution in [2.24, 2.45) is 11.8 Å². The molecule has 2 unspecified atom stereocenters. The molecular weight excluding hydrogens is 506 g/mol. The van der Waals surface area contributed by atoms with Crippen molar-refractivity contribution in [1.82, 2.24) is 5.32 Å². The van der Waals surface area contributed by atoms with E-state index < -0.39 is 79.8 Å². The zero-order chi connectivity index (χ0) is 27.6. The van der Waals surface area contributed by atoms with E-state index in [2.05, 4.69) is 5.32 Å². The van der Waals surface area contributed by atoms with Crippen LogP contribution in [-0.2, 0) is 20.6 Å². The summed E-state index contributed by atoms with van der Waals surface area (Å²) in [6, 6.07) is 4.58. The summed E-state index contributed by atoms with van der Waals surface area (Å²) in [6.45, 7) is -0.816. The van der Waals surface area contributed by atoms with Crippen molar-refractivity contribution in [2.75, 3.05) is 40.6 Å². The van der Waals surface area contributed by atoms with Crippen LogP contribution in [0.15, 0.2) is 18.2 Å². The van der Waals surface area contributed by atoms with Gasteiger partial charge in [0, 0.05) is 5.92 Å². The van der Waals surface area contributed by atoms with E-state index in [0.29, 0.717) is 30.9 Å². The topological polar surface area (TPSA) is 200 Å². The highest BCUT2D eigenvalue weighted by atomic mass is 16.8. The van der Waals surface area contributed by atoms with Crippen molar-refractivity contribution in [3.05, 3.63) is 23.8 Å². The van der Waals surface area contributed by atoms with Gasteiger partial charge in [0.15, 0.2) is 24.1 Å². The molecule has 1 aromatic carbocycles. The van der Waals surface area contributed by atoms with Gasteiger partial charge in [-0.3, -0.25) is 0 Å². The normalized spacial score (nSPS) is 41.1. The van der Waals surface area contributed by atoms with Gasteiger partial charge in [0.05, 0.1) is 46.2 Å². The molecule has 216 valence electrons. The number of nitrogens with one attached hydrogen (secondary N) is 1. The Morgan fingerprint density at radius 1 is 0.974 bits per heavy atom. The van der Waals surface area contributed by atoms with Crippen LogP contribution in [0, 0.1) is 11.8 Å². The van der Waals surface area contributed by atoms with Gasteiger partial charge in [-0.1, -0.05) is 6.07 Å². The number of hydrogen-bond acceptors (Lipinski definition) is 13. The van der Waals surface area contributed by atoms with Crippen LogP contribution in [-0.4, -0.2) is 131 Å². The Kier molecular flexibility index (Phi) is 9.48. The highest BCUT2D eigenvalue weighted by Gasteiger charge is 2.64. The molecule has 0 aromatic heterocycles. The third-order valence-corrected chi connectivity index (χ3v) is 7.98. The summed E-state index contributed by atoms with van der Waals surface area (Å²) in [5.74, 6) is -0.259. The first-order valence-electron chi connectivity index (χ1n) is 12.7. The Morgan fingerprint density at radius 3 is 2.37 bits per heavy atom. The summed E-state index contributed by atoms with van der Waals surface area (Å²) in [6.07, 6.45) is -8.91. The summed E-state index contributed by atoms with van der Waals surface area (Å²) >= 11 is 0. The number of aliphatic hydroxyl groups excluding tert-OH is 6. The van der Waals surface area contributed by atoms with Gasteiger partial charge in [-0.2, -0.15) is 0 Å². The van der Waals surface area contributed by atoms with Gasteiger partial charge >= 0.3 is 0 Å². The lowest BCUT2D eigenvalue weighted by Crippen LogP contribution is -2.62. The number of rotatable bonds is 10. The van der Waals surface area contributed by atoms with Gasteiger partial charge < -0.3 is 64.7 Å². The molecule has 1 aromatic rings. The zero-order valence-electron chi connectivity index (χ0n) is 21.4. The van der Waals surface area contributed by atoms with Crippen LogP contribution in [0.3, 0.4) is 0 Å². The third-order valence-electron chi connectivity index (χ3n) is 7.98. The number of hydrogen-bond donors (Lipinski definition) is 8. The minimum atomic E-state index is -1.86. The van der Waals surface area contributed by atoms with E-state index in [1.165, 1.54) is 0 Å². The maximum absolute atomic E-state index is 11.6. The lowest BCUT2D eigenvalue weighted by atomic mass is 9.81. The molecule has 2 aliphatic heterocycles. The van der Waals surface area contributed by atoms with E-state index in [0.717, 1.165) is 5.56 Å². The van der Waals surface area contributed by atoms with Crippen LogP contribution in [0.5, 0.6) is 11.5 Å². The van der Waals surface area contributed by atoms with Crippen molar-refractivity contribution >= 4 is 0 Å². The molecule has 3 aliphatic rings. The highest BCUT2D eigenvalue weighted by Crippen LogP contribution is 2.48. The molecule has 0 amide bonds. The molecule has 3 fully saturated rings. The van der Waals surface area contributed by atoms with E-state index in [1.54, 1.807) is 20.3 Å². The smallest absolute Gasteiger partial charge is 0.189 e. The fraction of sp³-hybridized carbons (Fsp3) is 0.760. The molecule has 0 radical (unpaired) electrons. The van der Waals surface area contributed by atoms with Gasteiger partial charge in [0.25, 0.3) is 0 Å².